The average Bonchev–Trinajstić information content (AvgIpc) is 2.38. The largest absolute Gasteiger partial charge is 0.453 e. The monoisotopic (exact) mass is 281 g/mol. The number of benzene rings is 1. The SMILES string of the molecule is COC(=O)NC(Cc1ccccc1)C(S)CC(C)=O. The van der Waals surface area contributed by atoms with Crippen molar-refractivity contribution < 1.29 is 14.3 Å². The lowest BCUT2D eigenvalue weighted by atomic mass is 10.0. The summed E-state index contributed by atoms with van der Waals surface area (Å²) in [5.74, 6) is 0.0460. The summed E-state index contributed by atoms with van der Waals surface area (Å²) in [7, 11) is 1.31. The Morgan fingerprint density at radius 2 is 1.95 bits per heavy atom. The van der Waals surface area contributed by atoms with Gasteiger partial charge in [-0.05, 0) is 18.9 Å². The Morgan fingerprint density at radius 1 is 1.32 bits per heavy atom. The fourth-order valence-corrected chi connectivity index (χ4v) is 2.24. The van der Waals surface area contributed by atoms with Gasteiger partial charge >= 0.3 is 6.09 Å². The molecule has 1 aromatic rings. The lowest BCUT2D eigenvalue weighted by molar-refractivity contribution is -0.117. The van der Waals surface area contributed by atoms with Crippen molar-refractivity contribution in [3.05, 3.63) is 35.9 Å². The van der Waals surface area contributed by atoms with Crippen LogP contribution in [0.2, 0.25) is 0 Å². The maximum atomic E-state index is 11.4. The zero-order valence-electron chi connectivity index (χ0n) is 11.1. The molecule has 104 valence electrons. The van der Waals surface area contributed by atoms with Gasteiger partial charge in [0.25, 0.3) is 0 Å². The molecule has 1 aromatic carbocycles. The molecule has 2 atom stereocenters. The zero-order chi connectivity index (χ0) is 14.3. The molecule has 0 saturated heterocycles. The van der Waals surface area contributed by atoms with Gasteiger partial charge in [0.15, 0.2) is 0 Å². The molecule has 0 heterocycles. The summed E-state index contributed by atoms with van der Waals surface area (Å²) < 4.78 is 4.60. The molecule has 0 saturated carbocycles. The van der Waals surface area contributed by atoms with E-state index in [-0.39, 0.29) is 17.1 Å². The first-order valence-corrected chi connectivity index (χ1v) is 6.60. The lowest BCUT2D eigenvalue weighted by Crippen LogP contribution is -2.43. The van der Waals surface area contributed by atoms with Crippen LogP contribution in [-0.4, -0.2) is 30.3 Å². The van der Waals surface area contributed by atoms with Gasteiger partial charge in [-0.1, -0.05) is 30.3 Å². The molecular weight excluding hydrogens is 262 g/mol. The molecule has 5 heteroatoms. The summed E-state index contributed by atoms with van der Waals surface area (Å²) in [5.41, 5.74) is 1.08. The molecule has 19 heavy (non-hydrogen) atoms. The summed E-state index contributed by atoms with van der Waals surface area (Å²) in [6.07, 6.45) is 0.408. The van der Waals surface area contributed by atoms with Crippen LogP contribution in [0.4, 0.5) is 4.79 Å². The average molecular weight is 281 g/mol. The molecular formula is C14H19NO3S. The highest BCUT2D eigenvalue weighted by Crippen LogP contribution is 2.14. The minimum absolute atomic E-state index is 0.0460. The lowest BCUT2D eigenvalue weighted by Gasteiger charge is -2.23. The van der Waals surface area contributed by atoms with Crippen molar-refractivity contribution in [2.75, 3.05) is 7.11 Å². The summed E-state index contributed by atoms with van der Waals surface area (Å²) in [6.45, 7) is 1.51. The minimum atomic E-state index is -0.511. The van der Waals surface area contributed by atoms with Gasteiger partial charge in [-0.25, -0.2) is 4.79 Å². The minimum Gasteiger partial charge on any atom is -0.453 e. The molecule has 0 radical (unpaired) electrons. The highest BCUT2D eigenvalue weighted by atomic mass is 32.1. The quantitative estimate of drug-likeness (QED) is 0.786. The maximum absolute atomic E-state index is 11.4. The van der Waals surface area contributed by atoms with Crippen LogP contribution >= 0.6 is 12.6 Å². The molecule has 0 bridgehead atoms. The van der Waals surface area contributed by atoms with Gasteiger partial charge in [-0.15, -0.1) is 0 Å². The number of carbonyl (C=O) groups excluding carboxylic acids is 2. The third-order valence-electron chi connectivity index (χ3n) is 2.75. The highest BCUT2D eigenvalue weighted by molar-refractivity contribution is 7.81. The number of hydrogen-bond acceptors (Lipinski definition) is 4. The van der Waals surface area contributed by atoms with Crippen LogP contribution in [0.3, 0.4) is 0 Å². The van der Waals surface area contributed by atoms with Crippen molar-refractivity contribution in [3.63, 3.8) is 0 Å². The van der Waals surface area contributed by atoms with Gasteiger partial charge < -0.3 is 10.1 Å². The normalized spacial score (nSPS) is 13.4. The van der Waals surface area contributed by atoms with Crippen LogP contribution in [0.25, 0.3) is 0 Å². The Kier molecular flexibility index (Phi) is 6.42. The Balaban J connectivity index is 2.73. The molecule has 0 spiro atoms. The Labute approximate surface area is 118 Å². The van der Waals surface area contributed by atoms with E-state index in [1.165, 1.54) is 14.0 Å². The predicted molar refractivity (Wildman–Crippen MR) is 77.5 cm³/mol. The number of hydrogen-bond donors (Lipinski definition) is 2. The van der Waals surface area contributed by atoms with E-state index < -0.39 is 6.09 Å². The predicted octanol–water partition coefficient (Wildman–Crippen LogP) is 2.23. The molecule has 0 aliphatic heterocycles. The number of alkyl carbamates (subject to hydrolysis) is 1. The highest BCUT2D eigenvalue weighted by Gasteiger charge is 2.22. The molecule has 1 N–H and O–H groups in total. The Bertz CT molecular complexity index is 422. The molecule has 4 nitrogen and oxygen atoms in total. The summed E-state index contributed by atoms with van der Waals surface area (Å²) in [5, 5.41) is 2.49. The molecule has 0 fully saturated rings. The second-order valence-electron chi connectivity index (χ2n) is 4.41. The van der Waals surface area contributed by atoms with E-state index in [1.54, 1.807) is 0 Å². The van der Waals surface area contributed by atoms with Crippen LogP contribution < -0.4 is 5.32 Å². The van der Waals surface area contributed by atoms with Gasteiger partial charge in [0.2, 0.25) is 0 Å². The molecule has 0 aromatic heterocycles. The van der Waals surface area contributed by atoms with Gasteiger partial charge in [-0.3, -0.25) is 4.79 Å². The maximum Gasteiger partial charge on any atom is 0.407 e. The number of ketones is 1. The standard InChI is InChI=1S/C14H19NO3S/c1-10(16)8-13(19)12(15-14(17)18-2)9-11-6-4-3-5-7-11/h3-7,12-13,19H,8-9H2,1-2H3,(H,15,17). The number of methoxy groups -OCH3 is 1. The van der Waals surface area contributed by atoms with Gasteiger partial charge in [0, 0.05) is 17.7 Å². The molecule has 2 unspecified atom stereocenters. The zero-order valence-corrected chi connectivity index (χ0v) is 12.0. The number of Topliss-reactive ketones (excluding diaryl/α,β-unsaturated/α-hetero) is 1. The number of amides is 1. The van der Waals surface area contributed by atoms with Crippen molar-refractivity contribution in [2.24, 2.45) is 0 Å². The smallest absolute Gasteiger partial charge is 0.407 e. The van der Waals surface area contributed by atoms with Crippen molar-refractivity contribution in [3.8, 4) is 0 Å². The fraction of sp³-hybridized carbons (Fsp3) is 0.429. The molecule has 0 aliphatic carbocycles. The third kappa shape index (κ3) is 5.79. The van der Waals surface area contributed by atoms with Gasteiger partial charge in [0.1, 0.15) is 5.78 Å². The first kappa shape index (κ1) is 15.6. The summed E-state index contributed by atoms with van der Waals surface area (Å²) >= 11 is 4.42. The van der Waals surface area contributed by atoms with Crippen molar-refractivity contribution in [1.82, 2.24) is 5.32 Å². The van der Waals surface area contributed by atoms with Gasteiger partial charge in [-0.2, -0.15) is 12.6 Å². The Hall–Kier alpha value is -1.49. The van der Waals surface area contributed by atoms with Crippen LogP contribution in [0.1, 0.15) is 18.9 Å². The van der Waals surface area contributed by atoms with E-state index in [0.717, 1.165) is 5.56 Å². The first-order valence-electron chi connectivity index (χ1n) is 6.09. The van der Waals surface area contributed by atoms with E-state index in [1.807, 2.05) is 30.3 Å². The summed E-state index contributed by atoms with van der Waals surface area (Å²) in [4.78, 5) is 22.5. The van der Waals surface area contributed by atoms with E-state index in [4.69, 9.17) is 0 Å². The van der Waals surface area contributed by atoms with E-state index in [9.17, 15) is 9.59 Å². The third-order valence-corrected chi connectivity index (χ3v) is 3.29. The molecule has 1 amide bonds. The Morgan fingerprint density at radius 3 is 2.47 bits per heavy atom. The van der Waals surface area contributed by atoms with Crippen molar-refractivity contribution >= 4 is 24.5 Å². The fourth-order valence-electron chi connectivity index (χ4n) is 1.80. The first-order chi connectivity index (χ1) is 9.02. The second-order valence-corrected chi connectivity index (χ2v) is 5.07. The van der Waals surface area contributed by atoms with Crippen LogP contribution in [0.15, 0.2) is 30.3 Å². The number of rotatable bonds is 6. The number of thiol groups is 1. The molecule has 1 rings (SSSR count). The number of nitrogens with one attached hydrogen (secondary N) is 1. The van der Waals surface area contributed by atoms with Crippen LogP contribution in [-0.2, 0) is 16.0 Å². The van der Waals surface area contributed by atoms with Crippen molar-refractivity contribution in [1.29, 1.82) is 0 Å². The van der Waals surface area contributed by atoms with Gasteiger partial charge in [0.05, 0.1) is 7.11 Å². The van der Waals surface area contributed by atoms with Crippen molar-refractivity contribution in [2.45, 2.75) is 31.1 Å². The number of carbonyl (C=O) groups is 2. The topological polar surface area (TPSA) is 55.4 Å². The molecule has 0 aliphatic rings. The second kappa shape index (κ2) is 7.84. The number of ether oxygens (including phenoxy) is 1. The van der Waals surface area contributed by atoms with E-state index in [2.05, 4.69) is 22.7 Å². The summed E-state index contributed by atoms with van der Waals surface area (Å²) in [6, 6.07) is 9.49. The van der Waals surface area contributed by atoms with Crippen LogP contribution in [0, 0.1) is 0 Å². The van der Waals surface area contributed by atoms with Crippen LogP contribution in [0.5, 0.6) is 0 Å². The van der Waals surface area contributed by atoms with E-state index >= 15 is 0 Å². The van der Waals surface area contributed by atoms with E-state index in [0.29, 0.717) is 12.8 Å².